The molecule has 1 atom stereocenters. The van der Waals surface area contributed by atoms with Gasteiger partial charge in [-0.25, -0.2) is 0 Å². The van der Waals surface area contributed by atoms with Gasteiger partial charge in [-0.3, -0.25) is 9.59 Å². The van der Waals surface area contributed by atoms with Crippen LogP contribution in [0.1, 0.15) is 51.4 Å². The van der Waals surface area contributed by atoms with E-state index in [9.17, 15) is 9.59 Å². The van der Waals surface area contributed by atoms with Crippen LogP contribution in [0.15, 0.2) is 0 Å². The van der Waals surface area contributed by atoms with Crippen LogP contribution in [0.3, 0.4) is 0 Å². The summed E-state index contributed by atoms with van der Waals surface area (Å²) < 4.78 is 0. The molecule has 1 fully saturated rings. The van der Waals surface area contributed by atoms with Crippen LogP contribution in [0.4, 0.5) is 0 Å². The Bertz CT molecular complexity index is 247. The number of carboxylic acids is 1. The van der Waals surface area contributed by atoms with E-state index in [1.807, 2.05) is 0 Å². The molecular weight excluding hydrogens is 206 g/mol. The molecule has 3 N–H and O–H groups in total. The van der Waals surface area contributed by atoms with Crippen molar-refractivity contribution in [3.63, 3.8) is 0 Å². The van der Waals surface area contributed by atoms with Crippen molar-refractivity contribution in [2.45, 2.75) is 57.4 Å². The summed E-state index contributed by atoms with van der Waals surface area (Å²) in [5, 5.41) is 8.47. The molecule has 0 heterocycles. The zero-order valence-corrected chi connectivity index (χ0v) is 9.65. The average molecular weight is 227 g/mol. The van der Waals surface area contributed by atoms with E-state index in [1.165, 1.54) is 32.1 Å². The maximum absolute atomic E-state index is 11.5. The number of carbonyl (C=O) groups is 2. The van der Waals surface area contributed by atoms with Crippen LogP contribution in [0.2, 0.25) is 0 Å². The second-order valence-corrected chi connectivity index (χ2v) is 4.71. The smallest absolute Gasteiger partial charge is 0.303 e. The highest BCUT2D eigenvalue weighted by molar-refractivity contribution is 5.86. The van der Waals surface area contributed by atoms with E-state index in [0.29, 0.717) is 5.92 Å². The van der Waals surface area contributed by atoms with Gasteiger partial charge in [0.05, 0.1) is 12.5 Å². The summed E-state index contributed by atoms with van der Waals surface area (Å²) in [7, 11) is 0. The highest BCUT2D eigenvalue weighted by atomic mass is 16.4. The van der Waals surface area contributed by atoms with Crippen LogP contribution in [0.5, 0.6) is 0 Å². The van der Waals surface area contributed by atoms with E-state index in [2.05, 4.69) is 0 Å². The number of aliphatic carboxylic acids is 1. The van der Waals surface area contributed by atoms with Gasteiger partial charge in [0.25, 0.3) is 0 Å². The van der Waals surface area contributed by atoms with Crippen LogP contribution in [0.25, 0.3) is 0 Å². The number of carbonyl (C=O) groups excluding carboxylic acids is 1. The Morgan fingerprint density at radius 3 is 2.38 bits per heavy atom. The lowest BCUT2D eigenvalue weighted by atomic mass is 9.84. The largest absolute Gasteiger partial charge is 0.481 e. The third-order valence-electron chi connectivity index (χ3n) is 3.31. The lowest BCUT2D eigenvalue weighted by Gasteiger charge is -2.23. The number of Topliss-reactive ketones (excluding diaryl/α,β-unsaturated/α-hetero) is 1. The summed E-state index contributed by atoms with van der Waals surface area (Å²) in [6.07, 6.45) is 6.80. The van der Waals surface area contributed by atoms with Crippen molar-refractivity contribution in [2.24, 2.45) is 11.7 Å². The summed E-state index contributed by atoms with van der Waals surface area (Å²) in [6.45, 7) is 0. The van der Waals surface area contributed by atoms with Crippen molar-refractivity contribution >= 4 is 11.8 Å². The third kappa shape index (κ3) is 4.75. The number of hydrogen-bond acceptors (Lipinski definition) is 3. The first-order valence-electron chi connectivity index (χ1n) is 6.09. The minimum atomic E-state index is -0.932. The van der Waals surface area contributed by atoms with Crippen molar-refractivity contribution in [1.29, 1.82) is 0 Å². The summed E-state index contributed by atoms with van der Waals surface area (Å²) in [5.74, 6) is -0.469. The van der Waals surface area contributed by atoms with Gasteiger partial charge in [-0.05, 0) is 12.3 Å². The van der Waals surface area contributed by atoms with Gasteiger partial charge in [0, 0.05) is 6.42 Å². The first kappa shape index (κ1) is 13.2. The van der Waals surface area contributed by atoms with Crippen LogP contribution in [-0.4, -0.2) is 22.9 Å². The van der Waals surface area contributed by atoms with Gasteiger partial charge in [0.1, 0.15) is 5.78 Å². The number of carboxylic acid groups (broad SMARTS) is 1. The lowest BCUT2D eigenvalue weighted by molar-refractivity contribution is -0.138. The Hall–Kier alpha value is -0.900. The Labute approximate surface area is 96.2 Å². The molecule has 0 saturated heterocycles. The molecule has 92 valence electrons. The van der Waals surface area contributed by atoms with Crippen LogP contribution < -0.4 is 5.73 Å². The topological polar surface area (TPSA) is 80.4 Å². The molecule has 0 aromatic heterocycles. The molecule has 1 rings (SSSR count). The Balaban J connectivity index is 2.24. The first-order valence-corrected chi connectivity index (χ1v) is 6.09. The second-order valence-electron chi connectivity index (χ2n) is 4.71. The lowest BCUT2D eigenvalue weighted by Crippen LogP contribution is -2.33. The predicted molar refractivity (Wildman–Crippen MR) is 61.0 cm³/mol. The Morgan fingerprint density at radius 2 is 1.81 bits per heavy atom. The Morgan fingerprint density at radius 1 is 1.19 bits per heavy atom. The van der Waals surface area contributed by atoms with E-state index in [-0.39, 0.29) is 18.6 Å². The van der Waals surface area contributed by atoms with Gasteiger partial charge in [0.2, 0.25) is 0 Å². The molecule has 1 unspecified atom stereocenters. The van der Waals surface area contributed by atoms with Gasteiger partial charge in [-0.2, -0.15) is 0 Å². The number of nitrogens with two attached hydrogens (primary N) is 1. The number of hydrogen-bond donors (Lipinski definition) is 2. The summed E-state index contributed by atoms with van der Waals surface area (Å²) >= 11 is 0. The first-order chi connectivity index (χ1) is 7.59. The van der Waals surface area contributed by atoms with Crippen LogP contribution >= 0.6 is 0 Å². The predicted octanol–water partition coefficient (Wildman–Crippen LogP) is 1.72. The van der Waals surface area contributed by atoms with Gasteiger partial charge >= 0.3 is 5.97 Å². The molecule has 1 saturated carbocycles. The molecule has 0 aromatic rings. The molecule has 16 heavy (non-hydrogen) atoms. The average Bonchev–Trinajstić information content (AvgIpc) is 2.27. The molecule has 0 spiro atoms. The molecule has 1 aliphatic rings. The van der Waals surface area contributed by atoms with E-state index < -0.39 is 12.0 Å². The molecule has 0 radical (unpaired) electrons. The molecule has 4 heteroatoms. The van der Waals surface area contributed by atoms with Crippen LogP contribution in [0, 0.1) is 5.92 Å². The highest BCUT2D eigenvalue weighted by Crippen LogP contribution is 2.27. The maximum Gasteiger partial charge on any atom is 0.303 e. The quantitative estimate of drug-likeness (QED) is 0.724. The van der Waals surface area contributed by atoms with E-state index in [0.717, 1.165) is 6.42 Å². The van der Waals surface area contributed by atoms with Crippen molar-refractivity contribution in [3.8, 4) is 0 Å². The number of ketones is 1. The molecule has 0 bridgehead atoms. The zero-order chi connectivity index (χ0) is 12.0. The van der Waals surface area contributed by atoms with Crippen molar-refractivity contribution in [3.05, 3.63) is 0 Å². The molecule has 0 amide bonds. The molecule has 1 aliphatic carbocycles. The zero-order valence-electron chi connectivity index (χ0n) is 9.65. The van der Waals surface area contributed by atoms with E-state index in [4.69, 9.17) is 10.8 Å². The van der Waals surface area contributed by atoms with Crippen molar-refractivity contribution < 1.29 is 14.7 Å². The van der Waals surface area contributed by atoms with Gasteiger partial charge in [0.15, 0.2) is 0 Å². The monoisotopic (exact) mass is 227 g/mol. The summed E-state index contributed by atoms with van der Waals surface area (Å²) in [4.78, 5) is 21.9. The van der Waals surface area contributed by atoms with Crippen molar-refractivity contribution in [2.75, 3.05) is 0 Å². The molecule has 0 aliphatic heterocycles. The number of rotatable bonds is 6. The minimum Gasteiger partial charge on any atom is -0.481 e. The van der Waals surface area contributed by atoms with E-state index >= 15 is 0 Å². The maximum atomic E-state index is 11.5. The minimum absolute atomic E-state index is 0.0726. The fraction of sp³-hybridized carbons (Fsp3) is 0.833. The van der Waals surface area contributed by atoms with E-state index in [1.54, 1.807) is 0 Å². The highest BCUT2D eigenvalue weighted by Gasteiger charge is 2.21. The standard InChI is InChI=1S/C12H21NO3/c13-10(11(14)6-7-12(15)16)8-9-4-2-1-3-5-9/h9-10H,1-8,13H2,(H,15,16). The van der Waals surface area contributed by atoms with Gasteiger partial charge in [-0.1, -0.05) is 32.1 Å². The molecule has 0 aromatic carbocycles. The third-order valence-corrected chi connectivity index (χ3v) is 3.31. The van der Waals surface area contributed by atoms with Gasteiger partial charge < -0.3 is 10.8 Å². The van der Waals surface area contributed by atoms with Crippen molar-refractivity contribution in [1.82, 2.24) is 0 Å². The Kier molecular flexibility index (Phi) is 5.46. The summed E-state index contributed by atoms with van der Waals surface area (Å²) in [5.41, 5.74) is 5.79. The second kappa shape index (κ2) is 6.63. The molecular formula is C12H21NO3. The molecule has 4 nitrogen and oxygen atoms in total. The summed E-state index contributed by atoms with van der Waals surface area (Å²) in [6, 6.07) is -0.456. The normalized spacial score (nSPS) is 19.3. The van der Waals surface area contributed by atoms with Crippen LogP contribution in [-0.2, 0) is 9.59 Å². The fourth-order valence-electron chi connectivity index (χ4n) is 2.33. The van der Waals surface area contributed by atoms with Gasteiger partial charge in [-0.15, -0.1) is 0 Å². The SMILES string of the molecule is NC(CC1CCCCC1)C(=O)CCC(=O)O. The fourth-order valence-corrected chi connectivity index (χ4v) is 2.33.